The van der Waals surface area contributed by atoms with Crippen LogP contribution in [0.4, 0.5) is 36.7 Å². The number of nitrogens with zero attached hydrogens (tertiary/aromatic N) is 5. The molecule has 0 aliphatic carbocycles. The Morgan fingerprint density at radius 1 is 0.878 bits per heavy atom. The first-order valence-corrected chi connectivity index (χ1v) is 17.2. The van der Waals surface area contributed by atoms with Crippen molar-refractivity contribution < 1.29 is 31.9 Å². The summed E-state index contributed by atoms with van der Waals surface area (Å²) in [4.78, 5) is 36.6. The summed E-state index contributed by atoms with van der Waals surface area (Å²) in [6.45, 7) is 1.82. The van der Waals surface area contributed by atoms with Crippen molar-refractivity contribution in [1.29, 1.82) is 0 Å². The molecule has 2 saturated heterocycles. The van der Waals surface area contributed by atoms with Crippen LogP contribution < -0.4 is 19.4 Å². The van der Waals surface area contributed by atoms with Crippen molar-refractivity contribution in [2.75, 3.05) is 54.0 Å². The Kier molecular flexibility index (Phi) is 8.78. The summed E-state index contributed by atoms with van der Waals surface area (Å²) in [5.41, 5.74) is 2.72. The molecular weight excluding hydrogens is 651 g/mol. The maximum absolute atomic E-state index is 15.4. The van der Waals surface area contributed by atoms with Gasteiger partial charge >= 0.3 is 12.2 Å². The van der Waals surface area contributed by atoms with Gasteiger partial charge in [0.25, 0.3) is 10.0 Å². The van der Waals surface area contributed by atoms with Gasteiger partial charge in [-0.25, -0.2) is 32.1 Å². The number of fused-ring (bicyclic) bond motifs is 1. The van der Waals surface area contributed by atoms with Gasteiger partial charge in [0.1, 0.15) is 23.4 Å². The molecule has 0 aromatic heterocycles. The zero-order valence-electron chi connectivity index (χ0n) is 26.3. The number of carbonyl (C=O) groups is 2. The van der Waals surface area contributed by atoms with E-state index in [9.17, 15) is 18.0 Å². The van der Waals surface area contributed by atoms with Crippen molar-refractivity contribution in [2.45, 2.75) is 17.6 Å². The van der Waals surface area contributed by atoms with Crippen molar-refractivity contribution >= 4 is 50.9 Å². The molecule has 0 spiro atoms. The SMILES string of the molecule is O=C(OCc1ccccc1)N1CCN(c2ccc(N3C[C@H](CN=C4NS(=O)(=O)c5ccccc5N4c4ccccc4)OC3=O)cc2F)CC1. The van der Waals surface area contributed by atoms with Crippen LogP contribution in [0.1, 0.15) is 5.56 Å². The number of hydrogen-bond donors (Lipinski definition) is 1. The average molecular weight is 685 g/mol. The summed E-state index contributed by atoms with van der Waals surface area (Å²) >= 11 is 0. The lowest BCUT2D eigenvalue weighted by Gasteiger charge is -2.35. The predicted molar refractivity (Wildman–Crippen MR) is 182 cm³/mol. The Bertz CT molecular complexity index is 1990. The number of nitrogens with one attached hydrogen (secondary N) is 1. The van der Waals surface area contributed by atoms with Crippen molar-refractivity contribution in [3.63, 3.8) is 0 Å². The topological polar surface area (TPSA) is 124 Å². The third-order valence-electron chi connectivity index (χ3n) is 8.49. The molecule has 0 saturated carbocycles. The number of aliphatic imine (C=N–C) groups is 1. The molecule has 49 heavy (non-hydrogen) atoms. The third kappa shape index (κ3) is 6.72. The highest BCUT2D eigenvalue weighted by molar-refractivity contribution is 7.90. The summed E-state index contributed by atoms with van der Waals surface area (Å²) in [5.74, 6) is -0.442. The second-order valence-electron chi connectivity index (χ2n) is 11.7. The molecule has 2 amide bonds. The van der Waals surface area contributed by atoms with Crippen molar-refractivity contribution in [2.24, 2.45) is 4.99 Å². The molecule has 1 N–H and O–H groups in total. The summed E-state index contributed by atoms with van der Waals surface area (Å²) in [6, 6.07) is 29.8. The van der Waals surface area contributed by atoms with Gasteiger partial charge in [0.2, 0.25) is 5.96 Å². The van der Waals surface area contributed by atoms with E-state index in [1.54, 1.807) is 40.1 Å². The van der Waals surface area contributed by atoms with Crippen LogP contribution in [0.2, 0.25) is 0 Å². The minimum Gasteiger partial charge on any atom is -0.445 e. The van der Waals surface area contributed by atoms with Gasteiger partial charge in [0.05, 0.1) is 30.2 Å². The highest BCUT2D eigenvalue weighted by Crippen LogP contribution is 2.35. The molecule has 252 valence electrons. The number of carbonyl (C=O) groups excluding carboxylic acids is 2. The number of ether oxygens (including phenoxy) is 2. The molecule has 4 aromatic carbocycles. The Hall–Kier alpha value is -5.63. The van der Waals surface area contributed by atoms with Crippen LogP contribution in [0.5, 0.6) is 0 Å². The van der Waals surface area contributed by atoms with Crippen molar-refractivity contribution in [3.05, 3.63) is 115 Å². The first-order valence-electron chi connectivity index (χ1n) is 15.8. The molecule has 0 bridgehead atoms. The van der Waals surface area contributed by atoms with Gasteiger partial charge in [-0.3, -0.25) is 9.80 Å². The fourth-order valence-corrected chi connectivity index (χ4v) is 7.22. The van der Waals surface area contributed by atoms with Crippen LogP contribution in [-0.2, 0) is 26.1 Å². The minimum atomic E-state index is -3.89. The third-order valence-corrected chi connectivity index (χ3v) is 9.87. The monoisotopic (exact) mass is 684 g/mol. The molecular formula is C35H33FN6O6S. The van der Waals surface area contributed by atoms with Gasteiger partial charge in [-0.05, 0) is 48.0 Å². The summed E-state index contributed by atoms with van der Waals surface area (Å²) < 4.78 is 55.1. The molecule has 0 unspecified atom stereocenters. The summed E-state index contributed by atoms with van der Waals surface area (Å²) in [5, 5.41) is 0. The van der Waals surface area contributed by atoms with E-state index in [1.807, 2.05) is 65.6 Å². The van der Waals surface area contributed by atoms with E-state index in [-0.39, 0.29) is 30.6 Å². The zero-order chi connectivity index (χ0) is 34.0. The number of cyclic esters (lactones) is 1. The highest BCUT2D eigenvalue weighted by Gasteiger charge is 2.36. The van der Waals surface area contributed by atoms with Crippen LogP contribution in [0.15, 0.2) is 113 Å². The Morgan fingerprint density at radius 3 is 2.31 bits per heavy atom. The second-order valence-corrected chi connectivity index (χ2v) is 13.3. The van der Waals surface area contributed by atoms with Crippen LogP contribution >= 0.6 is 0 Å². The van der Waals surface area contributed by atoms with Gasteiger partial charge in [0, 0.05) is 31.9 Å². The molecule has 1 atom stereocenters. The summed E-state index contributed by atoms with van der Waals surface area (Å²) in [6.07, 6.45) is -1.78. The van der Waals surface area contributed by atoms with Crippen LogP contribution in [0.25, 0.3) is 0 Å². The molecule has 12 nitrogen and oxygen atoms in total. The predicted octanol–water partition coefficient (Wildman–Crippen LogP) is 5.10. The first-order chi connectivity index (χ1) is 23.8. The molecule has 7 rings (SSSR count). The van der Waals surface area contributed by atoms with Crippen LogP contribution in [0, 0.1) is 5.82 Å². The number of para-hydroxylation sites is 2. The van der Waals surface area contributed by atoms with Gasteiger partial charge in [-0.2, -0.15) is 0 Å². The average Bonchev–Trinajstić information content (AvgIpc) is 3.50. The number of benzene rings is 4. The number of sulfonamides is 1. The van der Waals surface area contributed by atoms with Gasteiger partial charge in [0.15, 0.2) is 0 Å². The second kappa shape index (κ2) is 13.5. The number of amides is 2. The fraction of sp³-hybridized carbons (Fsp3) is 0.229. The van der Waals surface area contributed by atoms with Crippen molar-refractivity contribution in [1.82, 2.24) is 9.62 Å². The molecule has 14 heteroatoms. The quantitative estimate of drug-likeness (QED) is 0.286. The lowest BCUT2D eigenvalue weighted by molar-refractivity contribution is 0.0941. The summed E-state index contributed by atoms with van der Waals surface area (Å²) in [7, 11) is -3.89. The standard InChI is InChI=1S/C35H33FN6O6S/c36-29-21-27(15-16-30(29)39-17-19-40(20-18-39)34(43)47-24-25-9-3-1-4-10-25)41-23-28(48-35(41)44)22-37-33-38-49(45,46)32-14-8-7-13-31(32)42(33)26-11-5-2-6-12-26/h1-16,21,28H,17-20,22-24H2,(H,37,38)/t28-/m0/s1. The van der Waals surface area contributed by atoms with Crippen LogP contribution in [0.3, 0.4) is 0 Å². The lowest BCUT2D eigenvalue weighted by atomic mass is 10.2. The Labute approximate surface area is 283 Å². The Balaban J connectivity index is 0.994. The van der Waals surface area contributed by atoms with Gasteiger partial charge < -0.3 is 19.3 Å². The molecule has 3 aliphatic heterocycles. The van der Waals surface area contributed by atoms with Crippen molar-refractivity contribution in [3.8, 4) is 0 Å². The number of anilines is 4. The molecule has 3 aliphatic rings. The molecule has 4 aromatic rings. The van der Waals surface area contributed by atoms with Gasteiger partial charge in [-0.1, -0.05) is 60.7 Å². The lowest BCUT2D eigenvalue weighted by Crippen LogP contribution is -2.49. The van der Waals surface area contributed by atoms with E-state index in [0.29, 0.717) is 48.9 Å². The normalized spacial score (nSPS) is 19.3. The van der Waals surface area contributed by atoms with E-state index in [2.05, 4.69) is 9.71 Å². The number of hydrogen-bond acceptors (Lipinski definition) is 8. The van der Waals surface area contributed by atoms with E-state index in [4.69, 9.17) is 9.47 Å². The maximum atomic E-state index is 15.4. The molecule has 2 fully saturated rings. The van der Waals surface area contributed by atoms with E-state index in [1.165, 1.54) is 17.0 Å². The van der Waals surface area contributed by atoms with Crippen LogP contribution in [-0.4, -0.2) is 76.8 Å². The highest BCUT2D eigenvalue weighted by atomic mass is 32.2. The fourth-order valence-electron chi connectivity index (χ4n) is 6.02. The number of piperazine rings is 1. The minimum absolute atomic E-state index is 0.0375. The van der Waals surface area contributed by atoms with Gasteiger partial charge in [-0.15, -0.1) is 0 Å². The zero-order valence-corrected chi connectivity index (χ0v) is 27.1. The van der Waals surface area contributed by atoms with E-state index >= 15 is 4.39 Å². The maximum Gasteiger partial charge on any atom is 0.414 e. The van der Waals surface area contributed by atoms with E-state index in [0.717, 1.165) is 5.56 Å². The Morgan fingerprint density at radius 2 is 1.57 bits per heavy atom. The largest absolute Gasteiger partial charge is 0.445 e. The first kappa shape index (κ1) is 31.9. The number of guanidine groups is 1. The number of rotatable bonds is 7. The number of halogens is 1. The smallest absolute Gasteiger partial charge is 0.414 e. The molecule has 3 heterocycles. The van der Waals surface area contributed by atoms with E-state index < -0.39 is 34.1 Å². The molecule has 0 radical (unpaired) electrons.